The smallest absolute Gasteiger partial charge is 0.255 e. The first kappa shape index (κ1) is 19.5. The first-order valence-electron chi connectivity index (χ1n) is 9.84. The number of aromatic nitrogens is 3. The predicted molar refractivity (Wildman–Crippen MR) is 118 cm³/mol. The maximum Gasteiger partial charge on any atom is 0.255 e. The summed E-state index contributed by atoms with van der Waals surface area (Å²) in [6.07, 6.45) is 3.44. The summed E-state index contributed by atoms with van der Waals surface area (Å²) in [6.45, 7) is 2.18. The van der Waals surface area contributed by atoms with Crippen LogP contribution < -0.4 is 0 Å². The van der Waals surface area contributed by atoms with Crippen LogP contribution in [0.4, 0.5) is 4.39 Å². The Hall–Kier alpha value is -3.41. The Morgan fingerprint density at radius 2 is 1.94 bits per heavy atom. The van der Waals surface area contributed by atoms with Crippen molar-refractivity contribution in [2.45, 2.75) is 18.8 Å². The SMILES string of the molecule is [B]C1([B])c2ncccc2C(=O)N1Cc1ccc(-c2cc(F)cc3nn(C)cc23)cc1C. The summed E-state index contributed by atoms with van der Waals surface area (Å²) < 4.78 is 15.8. The van der Waals surface area contributed by atoms with Gasteiger partial charge in [-0.25, -0.2) is 4.39 Å². The number of hydrogen-bond acceptors (Lipinski definition) is 3. The lowest BCUT2D eigenvalue weighted by Gasteiger charge is -2.33. The van der Waals surface area contributed by atoms with Crippen molar-refractivity contribution >= 4 is 32.5 Å². The molecule has 5 nitrogen and oxygen atoms in total. The summed E-state index contributed by atoms with van der Waals surface area (Å²) in [5.41, 5.74) is 4.84. The van der Waals surface area contributed by atoms with Crippen molar-refractivity contribution in [3.63, 3.8) is 0 Å². The highest BCUT2D eigenvalue weighted by Crippen LogP contribution is 2.35. The van der Waals surface area contributed by atoms with Crippen LogP contribution in [0, 0.1) is 12.7 Å². The van der Waals surface area contributed by atoms with Crippen molar-refractivity contribution in [3.8, 4) is 11.1 Å². The molecule has 31 heavy (non-hydrogen) atoms. The van der Waals surface area contributed by atoms with Crippen LogP contribution in [-0.4, -0.2) is 41.3 Å². The van der Waals surface area contributed by atoms with Crippen molar-refractivity contribution in [2.24, 2.45) is 7.05 Å². The molecular formula is C23H17B2FN4O. The number of nitrogens with zero attached hydrogens (tertiary/aromatic N) is 4. The maximum atomic E-state index is 14.2. The van der Waals surface area contributed by atoms with Gasteiger partial charge in [-0.2, -0.15) is 5.10 Å². The van der Waals surface area contributed by atoms with Crippen molar-refractivity contribution in [1.82, 2.24) is 19.7 Å². The number of carbonyl (C=O) groups excluding carboxylic acids is 1. The van der Waals surface area contributed by atoms with E-state index in [0.29, 0.717) is 16.8 Å². The van der Waals surface area contributed by atoms with E-state index in [4.69, 9.17) is 15.7 Å². The van der Waals surface area contributed by atoms with Crippen LogP contribution >= 0.6 is 0 Å². The lowest BCUT2D eigenvalue weighted by molar-refractivity contribution is 0.0731. The van der Waals surface area contributed by atoms with E-state index in [1.54, 1.807) is 23.0 Å². The lowest BCUT2D eigenvalue weighted by Crippen LogP contribution is -2.44. The molecule has 1 aliphatic heterocycles. The van der Waals surface area contributed by atoms with Crippen LogP contribution in [-0.2, 0) is 18.9 Å². The standard InChI is InChI=1S/C23H17B2FN4O/c1-13-8-14(18-9-16(26)10-20-19(18)12-29(2)28-20)5-6-15(13)11-30-22(31)17-4-3-7-27-21(17)23(30,24)25/h3-10,12H,11H2,1-2H3. The normalized spacial score (nSPS) is 14.9. The van der Waals surface area contributed by atoms with Gasteiger partial charge in [0.25, 0.3) is 5.91 Å². The molecule has 1 amide bonds. The molecule has 3 heterocycles. The Morgan fingerprint density at radius 3 is 2.68 bits per heavy atom. The third-order valence-electron chi connectivity index (χ3n) is 5.80. The van der Waals surface area contributed by atoms with Crippen LogP contribution in [0.25, 0.3) is 22.0 Å². The van der Waals surface area contributed by atoms with E-state index in [9.17, 15) is 9.18 Å². The number of aryl methyl sites for hydroxylation is 2. The average molecular weight is 406 g/mol. The van der Waals surface area contributed by atoms with Crippen molar-refractivity contribution in [3.05, 3.63) is 83.1 Å². The number of carbonyl (C=O) groups is 1. The first-order valence-corrected chi connectivity index (χ1v) is 9.84. The molecule has 5 rings (SSSR count). The van der Waals surface area contributed by atoms with E-state index >= 15 is 0 Å². The molecule has 2 aromatic heterocycles. The van der Waals surface area contributed by atoms with Crippen molar-refractivity contribution in [1.29, 1.82) is 0 Å². The van der Waals surface area contributed by atoms with Gasteiger partial charge in [-0.1, -0.05) is 18.2 Å². The number of rotatable bonds is 3. The van der Waals surface area contributed by atoms with Gasteiger partial charge < -0.3 is 4.90 Å². The van der Waals surface area contributed by atoms with Gasteiger partial charge in [0.2, 0.25) is 0 Å². The van der Waals surface area contributed by atoms with Gasteiger partial charge in [0, 0.05) is 42.8 Å². The van der Waals surface area contributed by atoms with Gasteiger partial charge >= 0.3 is 0 Å². The number of benzene rings is 2. The fraction of sp³-hybridized carbons (Fsp3) is 0.174. The molecule has 0 unspecified atom stereocenters. The maximum absolute atomic E-state index is 14.2. The van der Waals surface area contributed by atoms with E-state index in [1.165, 1.54) is 17.0 Å². The summed E-state index contributed by atoms with van der Waals surface area (Å²) in [7, 11) is 14.4. The molecule has 4 aromatic rings. The average Bonchev–Trinajstić information content (AvgIpc) is 3.19. The van der Waals surface area contributed by atoms with Crippen LogP contribution in [0.5, 0.6) is 0 Å². The Balaban J connectivity index is 1.51. The topological polar surface area (TPSA) is 51.0 Å². The molecule has 0 spiro atoms. The van der Waals surface area contributed by atoms with Gasteiger partial charge in [0.1, 0.15) is 5.82 Å². The van der Waals surface area contributed by atoms with E-state index in [2.05, 4.69) is 10.1 Å². The molecule has 2 aromatic carbocycles. The number of amides is 1. The molecule has 0 aliphatic carbocycles. The molecule has 0 atom stereocenters. The van der Waals surface area contributed by atoms with Gasteiger partial charge in [-0.15, -0.1) is 0 Å². The highest BCUT2D eigenvalue weighted by molar-refractivity contribution is 6.42. The second kappa shape index (κ2) is 6.80. The van der Waals surface area contributed by atoms with Crippen LogP contribution in [0.1, 0.15) is 27.2 Å². The fourth-order valence-electron chi connectivity index (χ4n) is 4.20. The molecule has 8 heteroatoms. The van der Waals surface area contributed by atoms with E-state index in [0.717, 1.165) is 27.6 Å². The minimum Gasteiger partial charge on any atom is -0.340 e. The number of halogens is 1. The van der Waals surface area contributed by atoms with E-state index < -0.39 is 5.34 Å². The Kier molecular flexibility index (Phi) is 4.29. The molecule has 0 saturated heterocycles. The lowest BCUT2D eigenvalue weighted by atomic mass is 9.59. The number of hydrogen-bond donors (Lipinski definition) is 0. The second-order valence-corrected chi connectivity index (χ2v) is 7.95. The van der Waals surface area contributed by atoms with Gasteiger partial charge in [0.05, 0.1) is 32.5 Å². The highest BCUT2D eigenvalue weighted by atomic mass is 19.1. The minimum atomic E-state index is -1.48. The zero-order chi connectivity index (χ0) is 21.9. The summed E-state index contributed by atoms with van der Waals surface area (Å²) >= 11 is 0. The summed E-state index contributed by atoms with van der Waals surface area (Å²) in [6, 6.07) is 12.1. The predicted octanol–water partition coefficient (Wildman–Crippen LogP) is 3.19. The zero-order valence-electron chi connectivity index (χ0n) is 17.1. The fourth-order valence-corrected chi connectivity index (χ4v) is 4.20. The summed E-state index contributed by atoms with van der Waals surface area (Å²) in [4.78, 5) is 18.5. The second-order valence-electron chi connectivity index (χ2n) is 7.95. The zero-order valence-corrected chi connectivity index (χ0v) is 17.1. The molecule has 0 bridgehead atoms. The molecular weight excluding hydrogens is 389 g/mol. The van der Waals surface area contributed by atoms with Crippen molar-refractivity contribution < 1.29 is 9.18 Å². The van der Waals surface area contributed by atoms with Crippen LogP contribution in [0.15, 0.2) is 54.9 Å². The largest absolute Gasteiger partial charge is 0.340 e. The van der Waals surface area contributed by atoms with Gasteiger partial charge in [-0.3, -0.25) is 14.5 Å². The Labute approximate surface area is 181 Å². The van der Waals surface area contributed by atoms with Gasteiger partial charge in [-0.05, 0) is 47.4 Å². The van der Waals surface area contributed by atoms with E-state index in [-0.39, 0.29) is 18.3 Å². The van der Waals surface area contributed by atoms with Gasteiger partial charge in [0.15, 0.2) is 0 Å². The first-order chi connectivity index (χ1) is 14.8. The Morgan fingerprint density at radius 1 is 1.13 bits per heavy atom. The van der Waals surface area contributed by atoms with Crippen LogP contribution in [0.3, 0.4) is 0 Å². The molecule has 148 valence electrons. The Bertz CT molecular complexity index is 1370. The number of fused-ring (bicyclic) bond motifs is 2. The van der Waals surface area contributed by atoms with Crippen molar-refractivity contribution in [2.75, 3.05) is 0 Å². The minimum absolute atomic E-state index is 0.236. The number of pyridine rings is 1. The molecule has 0 saturated carbocycles. The third-order valence-corrected chi connectivity index (χ3v) is 5.80. The van der Waals surface area contributed by atoms with E-state index in [1.807, 2.05) is 38.4 Å². The summed E-state index contributed by atoms with van der Waals surface area (Å²) in [5, 5.41) is 3.70. The third kappa shape index (κ3) is 3.05. The molecule has 0 fully saturated rings. The highest BCUT2D eigenvalue weighted by Gasteiger charge is 2.42. The molecule has 0 N–H and O–H groups in total. The quantitative estimate of drug-likeness (QED) is 0.492. The molecule has 4 radical (unpaired) electrons. The monoisotopic (exact) mass is 406 g/mol. The summed E-state index contributed by atoms with van der Waals surface area (Å²) in [5.74, 6) is -0.592. The van der Waals surface area contributed by atoms with Crippen LogP contribution in [0.2, 0.25) is 0 Å². The molecule has 1 aliphatic rings.